The molecular weight excluding hydrogens is 382 g/mol. The summed E-state index contributed by atoms with van der Waals surface area (Å²) < 4.78 is 28.9. The van der Waals surface area contributed by atoms with Gasteiger partial charge < -0.3 is 16.0 Å². The second-order valence-electron chi connectivity index (χ2n) is 7.04. The number of hydrogen-bond donors (Lipinski definition) is 3. The fourth-order valence-electron chi connectivity index (χ4n) is 3.41. The Morgan fingerprint density at radius 1 is 1.38 bits per heavy atom. The molecule has 0 aliphatic carbocycles. The minimum atomic E-state index is -2.79. The van der Waals surface area contributed by atoms with Crippen molar-refractivity contribution in [3.63, 3.8) is 0 Å². The molecule has 154 valence electrons. The van der Waals surface area contributed by atoms with E-state index in [-0.39, 0.29) is 17.3 Å². The Morgan fingerprint density at radius 2 is 2.24 bits per heavy atom. The number of fused-ring (bicyclic) bond motifs is 1. The average Bonchev–Trinajstić information content (AvgIpc) is 3.17. The molecule has 1 atom stereocenters. The fourth-order valence-corrected chi connectivity index (χ4v) is 3.41. The lowest BCUT2D eigenvalue weighted by Crippen LogP contribution is -2.31. The Bertz CT molecular complexity index is 1010. The van der Waals surface area contributed by atoms with E-state index in [9.17, 15) is 13.6 Å². The van der Waals surface area contributed by atoms with Crippen LogP contribution in [0.2, 0.25) is 0 Å². The van der Waals surface area contributed by atoms with Gasteiger partial charge in [0.2, 0.25) is 0 Å². The maximum absolute atomic E-state index is 13.1. The van der Waals surface area contributed by atoms with Gasteiger partial charge in [-0.1, -0.05) is 6.42 Å². The number of carbonyl (C=O) groups is 1. The summed E-state index contributed by atoms with van der Waals surface area (Å²) in [7, 11) is 1.51. The normalized spacial score (nSPS) is 17.4. The van der Waals surface area contributed by atoms with Crippen molar-refractivity contribution in [2.45, 2.75) is 31.7 Å². The van der Waals surface area contributed by atoms with Gasteiger partial charge in [0.05, 0.1) is 11.9 Å². The molecule has 29 heavy (non-hydrogen) atoms. The molecule has 1 saturated heterocycles. The highest BCUT2D eigenvalue weighted by molar-refractivity contribution is 6.08. The SMILES string of the molecule is Cn1cc(NC(=O)c2cnn3ccc(NC4CCCCNC4)nc23)c(C(F)F)n1. The molecule has 0 aromatic carbocycles. The quantitative estimate of drug-likeness (QED) is 0.603. The third-order valence-electron chi connectivity index (χ3n) is 4.82. The van der Waals surface area contributed by atoms with Gasteiger partial charge >= 0.3 is 0 Å². The van der Waals surface area contributed by atoms with E-state index in [1.54, 1.807) is 12.3 Å². The molecule has 9 nitrogen and oxygen atoms in total. The van der Waals surface area contributed by atoms with Crippen LogP contribution in [0.3, 0.4) is 0 Å². The van der Waals surface area contributed by atoms with Gasteiger partial charge in [-0.3, -0.25) is 9.48 Å². The van der Waals surface area contributed by atoms with E-state index < -0.39 is 18.0 Å². The topological polar surface area (TPSA) is 101 Å². The molecule has 4 rings (SSSR count). The summed E-state index contributed by atoms with van der Waals surface area (Å²) in [6.07, 6.45) is 4.93. The number of halogens is 2. The average molecular weight is 404 g/mol. The zero-order valence-corrected chi connectivity index (χ0v) is 15.9. The lowest BCUT2D eigenvalue weighted by Gasteiger charge is -2.17. The van der Waals surface area contributed by atoms with Crippen LogP contribution in [0.15, 0.2) is 24.7 Å². The molecule has 1 aliphatic heterocycles. The number of amides is 1. The lowest BCUT2D eigenvalue weighted by molar-refractivity contribution is 0.102. The highest BCUT2D eigenvalue weighted by Gasteiger charge is 2.22. The fraction of sp³-hybridized carbons (Fsp3) is 0.444. The number of nitrogens with one attached hydrogen (secondary N) is 3. The maximum atomic E-state index is 13.1. The van der Waals surface area contributed by atoms with Crippen molar-refractivity contribution in [3.8, 4) is 0 Å². The number of carbonyl (C=O) groups excluding carboxylic acids is 1. The first-order valence-electron chi connectivity index (χ1n) is 9.46. The van der Waals surface area contributed by atoms with Gasteiger partial charge in [0, 0.05) is 32.0 Å². The van der Waals surface area contributed by atoms with E-state index in [1.165, 1.54) is 28.6 Å². The van der Waals surface area contributed by atoms with Crippen LogP contribution in [0.4, 0.5) is 20.3 Å². The maximum Gasteiger partial charge on any atom is 0.284 e. The number of aromatic nitrogens is 5. The van der Waals surface area contributed by atoms with E-state index in [4.69, 9.17) is 0 Å². The van der Waals surface area contributed by atoms with Crippen LogP contribution in [0.1, 0.15) is 41.7 Å². The second kappa shape index (κ2) is 8.11. The molecule has 0 spiro atoms. The number of alkyl halides is 2. The van der Waals surface area contributed by atoms with E-state index in [1.807, 2.05) is 0 Å². The molecule has 3 aromatic rings. The number of rotatable bonds is 5. The van der Waals surface area contributed by atoms with Crippen LogP contribution in [0.25, 0.3) is 5.65 Å². The minimum absolute atomic E-state index is 0.0364. The molecule has 0 saturated carbocycles. The predicted molar refractivity (Wildman–Crippen MR) is 103 cm³/mol. The standard InChI is InChI=1S/C18H22F2N8O/c1-27-10-13(15(26-27)16(19)20)24-18(29)12-9-22-28-7-5-14(25-17(12)28)23-11-4-2-3-6-21-8-11/h5,7,9-11,16,21H,2-4,6,8H2,1H3,(H,23,25)(H,24,29). The van der Waals surface area contributed by atoms with Crippen molar-refractivity contribution < 1.29 is 13.6 Å². The lowest BCUT2D eigenvalue weighted by atomic mass is 10.1. The van der Waals surface area contributed by atoms with Crippen molar-refractivity contribution in [3.05, 3.63) is 35.9 Å². The largest absolute Gasteiger partial charge is 0.366 e. The Labute approximate surface area is 165 Å². The summed E-state index contributed by atoms with van der Waals surface area (Å²) in [4.78, 5) is 17.2. The molecule has 0 bridgehead atoms. The van der Waals surface area contributed by atoms with Crippen molar-refractivity contribution in [2.24, 2.45) is 7.05 Å². The Hall–Kier alpha value is -3.08. The first-order chi connectivity index (χ1) is 14.0. The molecule has 0 radical (unpaired) electrons. The van der Waals surface area contributed by atoms with Crippen LogP contribution >= 0.6 is 0 Å². The monoisotopic (exact) mass is 404 g/mol. The summed E-state index contributed by atoms with van der Waals surface area (Å²) in [6.45, 7) is 1.85. The summed E-state index contributed by atoms with van der Waals surface area (Å²) >= 11 is 0. The summed E-state index contributed by atoms with van der Waals surface area (Å²) in [5, 5.41) is 17.1. The zero-order chi connectivity index (χ0) is 20.4. The molecule has 3 N–H and O–H groups in total. The van der Waals surface area contributed by atoms with Crippen LogP contribution in [0.5, 0.6) is 0 Å². The number of anilines is 2. The van der Waals surface area contributed by atoms with Crippen molar-refractivity contribution in [2.75, 3.05) is 23.7 Å². The van der Waals surface area contributed by atoms with Crippen LogP contribution in [-0.4, -0.2) is 49.4 Å². The molecule has 4 heterocycles. The smallest absolute Gasteiger partial charge is 0.284 e. The highest BCUT2D eigenvalue weighted by Crippen LogP contribution is 2.26. The Morgan fingerprint density at radius 3 is 3.07 bits per heavy atom. The third kappa shape index (κ3) is 4.19. The van der Waals surface area contributed by atoms with Crippen LogP contribution in [-0.2, 0) is 7.05 Å². The van der Waals surface area contributed by atoms with Crippen molar-refractivity contribution in [1.29, 1.82) is 0 Å². The van der Waals surface area contributed by atoms with Gasteiger partial charge in [-0.05, 0) is 25.5 Å². The highest BCUT2D eigenvalue weighted by atomic mass is 19.3. The van der Waals surface area contributed by atoms with Crippen LogP contribution < -0.4 is 16.0 Å². The molecule has 1 fully saturated rings. The number of hydrogen-bond acceptors (Lipinski definition) is 6. The van der Waals surface area contributed by atoms with Gasteiger partial charge in [0.25, 0.3) is 12.3 Å². The molecule has 11 heteroatoms. The summed E-state index contributed by atoms with van der Waals surface area (Å²) in [6, 6.07) is 2.04. The molecule has 1 unspecified atom stereocenters. The Kier molecular flexibility index (Phi) is 5.38. The van der Waals surface area contributed by atoms with Gasteiger partial charge in [0.15, 0.2) is 11.3 Å². The zero-order valence-electron chi connectivity index (χ0n) is 15.9. The molecule has 3 aromatic heterocycles. The third-order valence-corrected chi connectivity index (χ3v) is 4.82. The van der Waals surface area contributed by atoms with Crippen molar-refractivity contribution in [1.82, 2.24) is 29.7 Å². The van der Waals surface area contributed by atoms with Crippen molar-refractivity contribution >= 4 is 23.1 Å². The van der Waals surface area contributed by atoms with Gasteiger partial charge in [-0.2, -0.15) is 10.2 Å². The summed E-state index contributed by atoms with van der Waals surface area (Å²) in [5.41, 5.74) is 0.0208. The second-order valence-corrected chi connectivity index (χ2v) is 7.04. The number of nitrogens with zero attached hydrogens (tertiary/aromatic N) is 5. The minimum Gasteiger partial charge on any atom is -0.366 e. The predicted octanol–water partition coefficient (Wildman–Crippen LogP) is 2.21. The van der Waals surface area contributed by atoms with Gasteiger partial charge in [0.1, 0.15) is 11.4 Å². The first kappa shape index (κ1) is 19.2. The Balaban J connectivity index is 1.56. The molecule has 1 amide bonds. The van der Waals surface area contributed by atoms with E-state index in [0.29, 0.717) is 11.5 Å². The number of aryl methyl sites for hydroxylation is 1. The van der Waals surface area contributed by atoms with E-state index >= 15 is 0 Å². The van der Waals surface area contributed by atoms with E-state index in [0.717, 1.165) is 32.4 Å². The van der Waals surface area contributed by atoms with Gasteiger partial charge in [-0.25, -0.2) is 18.3 Å². The van der Waals surface area contributed by atoms with E-state index in [2.05, 4.69) is 31.1 Å². The molecular formula is C18H22F2N8O. The van der Waals surface area contributed by atoms with Gasteiger partial charge in [-0.15, -0.1) is 0 Å². The van der Waals surface area contributed by atoms with Crippen LogP contribution in [0, 0.1) is 0 Å². The molecule has 1 aliphatic rings. The first-order valence-corrected chi connectivity index (χ1v) is 9.46. The summed E-state index contributed by atoms with van der Waals surface area (Å²) in [5.74, 6) is 0.0612.